The zero-order chi connectivity index (χ0) is 18.1. The molecular weight excluding hydrogens is 328 g/mol. The Balaban J connectivity index is 1.83. The van der Waals surface area contributed by atoms with Crippen molar-refractivity contribution >= 4 is 16.7 Å². The predicted molar refractivity (Wildman–Crippen MR) is 100 cm³/mol. The molecule has 7 heteroatoms. The van der Waals surface area contributed by atoms with Crippen LogP contribution < -0.4 is 5.73 Å². The molecule has 0 aromatic carbocycles. The Morgan fingerprint density at radius 3 is 2.73 bits per heavy atom. The topological polar surface area (TPSA) is 103 Å². The van der Waals surface area contributed by atoms with Gasteiger partial charge in [0.15, 0.2) is 0 Å². The largest absolute Gasteiger partial charge is 0.397 e. The van der Waals surface area contributed by atoms with Crippen molar-refractivity contribution < 1.29 is 5.11 Å². The molecule has 0 spiro atoms. The monoisotopic (exact) mass is 346 g/mol. The summed E-state index contributed by atoms with van der Waals surface area (Å²) in [5.74, 6) is 0. The van der Waals surface area contributed by atoms with E-state index in [2.05, 4.69) is 15.1 Å². The number of hydrogen-bond acceptors (Lipinski definition) is 6. The molecule has 0 fully saturated rings. The highest BCUT2D eigenvalue weighted by Gasteiger charge is 2.12. The van der Waals surface area contributed by atoms with Crippen LogP contribution in [0.4, 0.5) is 5.69 Å². The van der Waals surface area contributed by atoms with E-state index in [4.69, 9.17) is 10.7 Å². The van der Waals surface area contributed by atoms with Crippen LogP contribution in [0, 0.1) is 0 Å². The predicted octanol–water partition coefficient (Wildman–Crippen LogP) is 2.21. The number of nitrogens with two attached hydrogens (primary N) is 1. The van der Waals surface area contributed by atoms with E-state index in [1.54, 1.807) is 23.1 Å². The number of nitrogens with zero attached hydrogens (tertiary/aromatic N) is 5. The molecule has 3 N–H and O–H groups in total. The lowest BCUT2D eigenvalue weighted by Crippen LogP contribution is -2.00. The van der Waals surface area contributed by atoms with Crippen LogP contribution in [0.1, 0.15) is 5.56 Å². The molecule has 0 unspecified atom stereocenters. The molecule has 4 rings (SSSR count). The maximum Gasteiger partial charge on any atom is 0.112 e. The summed E-state index contributed by atoms with van der Waals surface area (Å²) in [5.41, 5.74) is 12.3. The number of fused-ring (bicyclic) bond motifs is 1. The number of aromatic nitrogens is 5. The van der Waals surface area contributed by atoms with Gasteiger partial charge in [-0.1, -0.05) is 0 Å². The highest BCUT2D eigenvalue weighted by Crippen LogP contribution is 2.29. The first-order valence-corrected chi connectivity index (χ1v) is 8.27. The molecule has 0 aliphatic carbocycles. The minimum atomic E-state index is 0.0646. The van der Waals surface area contributed by atoms with Crippen molar-refractivity contribution in [1.29, 1.82) is 0 Å². The van der Waals surface area contributed by atoms with Crippen molar-refractivity contribution in [2.24, 2.45) is 7.05 Å². The van der Waals surface area contributed by atoms with Gasteiger partial charge in [-0.2, -0.15) is 5.10 Å². The van der Waals surface area contributed by atoms with Gasteiger partial charge in [-0.05, 0) is 42.3 Å². The van der Waals surface area contributed by atoms with Gasteiger partial charge < -0.3 is 10.8 Å². The molecule has 0 aliphatic heterocycles. The van der Waals surface area contributed by atoms with Gasteiger partial charge in [-0.15, -0.1) is 0 Å². The van der Waals surface area contributed by atoms with E-state index in [1.165, 1.54) is 0 Å². The SMILES string of the molecule is Cn1ccc(-c2ccc3nc(-c4cnccc4CCO)cc(N)c3n2)n1. The Kier molecular flexibility index (Phi) is 4.06. The average Bonchev–Trinajstić information content (AvgIpc) is 3.08. The third-order valence-corrected chi connectivity index (χ3v) is 4.23. The number of aliphatic hydroxyl groups excluding tert-OH is 1. The van der Waals surface area contributed by atoms with Gasteiger partial charge in [0.25, 0.3) is 0 Å². The minimum absolute atomic E-state index is 0.0646. The van der Waals surface area contributed by atoms with E-state index in [9.17, 15) is 5.11 Å². The first-order chi connectivity index (χ1) is 12.7. The molecule has 0 atom stereocenters. The summed E-state index contributed by atoms with van der Waals surface area (Å²) in [7, 11) is 1.87. The van der Waals surface area contributed by atoms with E-state index in [-0.39, 0.29) is 6.61 Å². The van der Waals surface area contributed by atoms with Crippen molar-refractivity contribution in [3.05, 3.63) is 54.5 Å². The summed E-state index contributed by atoms with van der Waals surface area (Å²) in [5, 5.41) is 13.7. The average molecular weight is 346 g/mol. The van der Waals surface area contributed by atoms with Crippen LogP contribution in [-0.2, 0) is 13.5 Å². The Morgan fingerprint density at radius 1 is 1.08 bits per heavy atom. The van der Waals surface area contributed by atoms with E-state index in [1.807, 2.05) is 37.5 Å². The van der Waals surface area contributed by atoms with Crippen LogP contribution in [0.3, 0.4) is 0 Å². The van der Waals surface area contributed by atoms with Gasteiger partial charge in [-0.3, -0.25) is 9.67 Å². The minimum Gasteiger partial charge on any atom is -0.397 e. The fourth-order valence-corrected chi connectivity index (χ4v) is 2.96. The molecule has 0 aliphatic rings. The molecule has 0 amide bonds. The Hall–Kier alpha value is -3.32. The number of pyridine rings is 3. The van der Waals surface area contributed by atoms with E-state index in [0.717, 1.165) is 28.2 Å². The van der Waals surface area contributed by atoms with Crippen LogP contribution in [0.25, 0.3) is 33.7 Å². The summed E-state index contributed by atoms with van der Waals surface area (Å²) in [6.07, 6.45) is 5.86. The molecule has 0 bridgehead atoms. The number of rotatable bonds is 4. The van der Waals surface area contributed by atoms with E-state index < -0.39 is 0 Å². The normalized spacial score (nSPS) is 11.2. The van der Waals surface area contributed by atoms with Crippen molar-refractivity contribution in [3.8, 4) is 22.6 Å². The molecule has 0 saturated heterocycles. The number of anilines is 1. The molecule has 0 radical (unpaired) electrons. The summed E-state index contributed by atoms with van der Waals surface area (Å²) in [4.78, 5) is 13.5. The molecule has 130 valence electrons. The van der Waals surface area contributed by atoms with Gasteiger partial charge in [0.1, 0.15) is 11.2 Å². The zero-order valence-electron chi connectivity index (χ0n) is 14.3. The van der Waals surface area contributed by atoms with Crippen LogP contribution in [0.2, 0.25) is 0 Å². The summed E-state index contributed by atoms with van der Waals surface area (Å²) < 4.78 is 1.73. The summed E-state index contributed by atoms with van der Waals surface area (Å²) in [6, 6.07) is 9.38. The number of aliphatic hydroxyl groups is 1. The second-order valence-corrected chi connectivity index (χ2v) is 6.04. The fraction of sp³-hybridized carbons (Fsp3) is 0.158. The highest BCUT2D eigenvalue weighted by molar-refractivity contribution is 5.90. The Labute approximate surface area is 150 Å². The van der Waals surface area contributed by atoms with Crippen molar-refractivity contribution in [2.75, 3.05) is 12.3 Å². The number of nitrogen functional groups attached to an aromatic ring is 1. The van der Waals surface area contributed by atoms with Crippen LogP contribution in [0.5, 0.6) is 0 Å². The molecular formula is C19H18N6O. The van der Waals surface area contributed by atoms with Gasteiger partial charge in [0.05, 0.1) is 22.6 Å². The first-order valence-electron chi connectivity index (χ1n) is 8.27. The summed E-state index contributed by atoms with van der Waals surface area (Å²) >= 11 is 0. The lowest BCUT2D eigenvalue weighted by Gasteiger charge is -2.10. The van der Waals surface area contributed by atoms with Crippen molar-refractivity contribution in [2.45, 2.75) is 6.42 Å². The lowest BCUT2D eigenvalue weighted by molar-refractivity contribution is 0.300. The maximum absolute atomic E-state index is 9.27. The van der Waals surface area contributed by atoms with Gasteiger partial charge in [0.2, 0.25) is 0 Å². The first kappa shape index (κ1) is 16.2. The van der Waals surface area contributed by atoms with Gasteiger partial charge >= 0.3 is 0 Å². The smallest absolute Gasteiger partial charge is 0.112 e. The molecule has 4 aromatic rings. The standard InChI is InChI=1S/C19H18N6O/c1-25-8-5-16(24-25)15-2-3-17-19(23-15)14(20)10-18(22-17)13-11-21-7-4-12(13)6-9-26/h2-5,7-8,10-11,26H,6,9H2,1H3,(H2,20,22). The van der Waals surface area contributed by atoms with Crippen molar-refractivity contribution in [1.82, 2.24) is 24.7 Å². The third-order valence-electron chi connectivity index (χ3n) is 4.23. The Morgan fingerprint density at radius 2 is 1.96 bits per heavy atom. The lowest BCUT2D eigenvalue weighted by atomic mass is 10.0. The third kappa shape index (κ3) is 2.89. The highest BCUT2D eigenvalue weighted by atomic mass is 16.2. The van der Waals surface area contributed by atoms with Crippen LogP contribution in [-0.4, -0.2) is 36.4 Å². The van der Waals surface area contributed by atoms with E-state index in [0.29, 0.717) is 23.1 Å². The zero-order valence-corrected chi connectivity index (χ0v) is 14.3. The molecule has 4 heterocycles. The van der Waals surface area contributed by atoms with Gasteiger partial charge in [0, 0.05) is 37.8 Å². The van der Waals surface area contributed by atoms with Crippen LogP contribution >= 0.6 is 0 Å². The quantitative estimate of drug-likeness (QED) is 0.587. The summed E-state index contributed by atoms with van der Waals surface area (Å²) in [6.45, 7) is 0.0646. The molecule has 26 heavy (non-hydrogen) atoms. The second kappa shape index (κ2) is 6.53. The molecule has 7 nitrogen and oxygen atoms in total. The number of hydrogen-bond donors (Lipinski definition) is 2. The van der Waals surface area contributed by atoms with Crippen molar-refractivity contribution in [3.63, 3.8) is 0 Å². The van der Waals surface area contributed by atoms with Gasteiger partial charge in [-0.25, -0.2) is 9.97 Å². The second-order valence-electron chi connectivity index (χ2n) is 6.04. The maximum atomic E-state index is 9.27. The molecule has 0 saturated carbocycles. The van der Waals surface area contributed by atoms with Crippen LogP contribution in [0.15, 0.2) is 48.9 Å². The fourth-order valence-electron chi connectivity index (χ4n) is 2.96. The van der Waals surface area contributed by atoms with E-state index >= 15 is 0 Å². The molecule has 4 aromatic heterocycles. The Bertz CT molecular complexity index is 1090. The number of aryl methyl sites for hydroxylation is 1.